The molecule has 0 heterocycles. The number of benzene rings is 2. The highest BCUT2D eigenvalue weighted by Crippen LogP contribution is 2.39. The fraction of sp³-hybridized carbons (Fsp3) is 0.235. The second-order valence-electron chi connectivity index (χ2n) is 5.22. The lowest BCUT2D eigenvalue weighted by molar-refractivity contribution is 0.322. The Hall–Kier alpha value is -1.53. The van der Waals surface area contributed by atoms with E-state index in [2.05, 4.69) is 50.9 Å². The van der Waals surface area contributed by atoms with E-state index in [1.165, 1.54) is 6.21 Å². The quantitative estimate of drug-likeness (QED) is 0.354. The molecule has 2 rings (SSSR count). The zero-order chi connectivity index (χ0) is 17.0. The fourth-order valence-corrected chi connectivity index (χ4v) is 3.55. The summed E-state index contributed by atoms with van der Waals surface area (Å²) in [5, 5.41) is 11.7. The van der Waals surface area contributed by atoms with Gasteiger partial charge in [-0.1, -0.05) is 19.0 Å². The third-order valence-corrected chi connectivity index (χ3v) is 4.45. The van der Waals surface area contributed by atoms with Gasteiger partial charge in [-0.05, 0) is 73.7 Å². The third-order valence-electron chi connectivity index (χ3n) is 3.27. The van der Waals surface area contributed by atoms with Crippen LogP contribution in [0.5, 0.6) is 17.2 Å². The fourth-order valence-electron chi connectivity index (χ4n) is 2.16. The molecule has 122 valence electrons. The Labute approximate surface area is 152 Å². The predicted molar refractivity (Wildman–Crippen MR) is 98.4 cm³/mol. The van der Waals surface area contributed by atoms with E-state index in [0.29, 0.717) is 11.7 Å². The minimum atomic E-state index is 0.323. The molecule has 0 spiro atoms. The van der Waals surface area contributed by atoms with Crippen LogP contribution < -0.4 is 9.47 Å². The Morgan fingerprint density at radius 3 is 2.30 bits per heavy atom. The Morgan fingerprint density at radius 1 is 1.13 bits per heavy atom. The number of ether oxygens (including phenoxy) is 2. The standard InChI is InChI=1S/C17H17Br2NO3/c1-10(2)13-8-12(4-5-16(13)22-3)23-17-14(18)6-11(9-20-21)7-15(17)19/h4-10,21H,1-3H3/b20-9+. The van der Waals surface area contributed by atoms with Crippen molar-refractivity contribution >= 4 is 38.1 Å². The van der Waals surface area contributed by atoms with Gasteiger partial charge in [0.1, 0.15) is 11.5 Å². The second-order valence-corrected chi connectivity index (χ2v) is 6.93. The molecule has 0 aliphatic heterocycles. The summed E-state index contributed by atoms with van der Waals surface area (Å²) in [6.45, 7) is 4.22. The smallest absolute Gasteiger partial charge is 0.155 e. The van der Waals surface area contributed by atoms with Gasteiger partial charge < -0.3 is 14.7 Å². The van der Waals surface area contributed by atoms with Crippen LogP contribution in [0.2, 0.25) is 0 Å². The summed E-state index contributed by atoms with van der Waals surface area (Å²) in [5.74, 6) is 2.54. The molecule has 1 N–H and O–H groups in total. The molecule has 0 saturated carbocycles. The van der Waals surface area contributed by atoms with Crippen LogP contribution >= 0.6 is 31.9 Å². The number of methoxy groups -OCH3 is 1. The molecule has 0 aromatic heterocycles. The molecule has 23 heavy (non-hydrogen) atoms. The average Bonchev–Trinajstić information content (AvgIpc) is 2.51. The monoisotopic (exact) mass is 441 g/mol. The van der Waals surface area contributed by atoms with Crippen molar-refractivity contribution in [1.29, 1.82) is 0 Å². The van der Waals surface area contributed by atoms with Crippen molar-refractivity contribution in [2.24, 2.45) is 5.16 Å². The van der Waals surface area contributed by atoms with Crippen molar-refractivity contribution < 1.29 is 14.7 Å². The van der Waals surface area contributed by atoms with Crippen LogP contribution in [0.15, 0.2) is 44.4 Å². The van der Waals surface area contributed by atoms with Crippen LogP contribution in [0.3, 0.4) is 0 Å². The summed E-state index contributed by atoms with van der Waals surface area (Å²) < 4.78 is 12.9. The van der Waals surface area contributed by atoms with Gasteiger partial charge in [-0.3, -0.25) is 0 Å². The van der Waals surface area contributed by atoms with E-state index in [0.717, 1.165) is 31.6 Å². The van der Waals surface area contributed by atoms with E-state index in [-0.39, 0.29) is 0 Å². The summed E-state index contributed by atoms with van der Waals surface area (Å²) in [6, 6.07) is 9.37. The summed E-state index contributed by atoms with van der Waals surface area (Å²) in [6.07, 6.45) is 1.35. The maximum atomic E-state index is 8.63. The number of hydrogen-bond acceptors (Lipinski definition) is 4. The van der Waals surface area contributed by atoms with Crippen molar-refractivity contribution in [1.82, 2.24) is 0 Å². The predicted octanol–water partition coefficient (Wildman–Crippen LogP) is 5.94. The van der Waals surface area contributed by atoms with E-state index in [1.54, 1.807) is 7.11 Å². The maximum absolute atomic E-state index is 8.63. The average molecular weight is 443 g/mol. The highest BCUT2D eigenvalue weighted by Gasteiger charge is 2.13. The first-order valence-corrected chi connectivity index (χ1v) is 8.57. The Balaban J connectivity index is 2.38. The second kappa shape index (κ2) is 7.84. The van der Waals surface area contributed by atoms with Gasteiger partial charge in [0, 0.05) is 5.56 Å². The molecule has 0 fully saturated rings. The van der Waals surface area contributed by atoms with Gasteiger partial charge in [-0.15, -0.1) is 0 Å². The molecular weight excluding hydrogens is 426 g/mol. The van der Waals surface area contributed by atoms with Crippen LogP contribution in [-0.4, -0.2) is 18.5 Å². The van der Waals surface area contributed by atoms with Crippen LogP contribution in [0.1, 0.15) is 30.9 Å². The molecule has 0 aliphatic carbocycles. The van der Waals surface area contributed by atoms with Crippen molar-refractivity contribution in [2.45, 2.75) is 19.8 Å². The Morgan fingerprint density at radius 2 is 1.78 bits per heavy atom. The highest BCUT2D eigenvalue weighted by atomic mass is 79.9. The number of rotatable bonds is 5. The van der Waals surface area contributed by atoms with E-state index < -0.39 is 0 Å². The molecule has 0 saturated heterocycles. The molecule has 0 aliphatic rings. The first-order valence-electron chi connectivity index (χ1n) is 6.98. The van der Waals surface area contributed by atoms with E-state index in [1.807, 2.05) is 30.3 Å². The van der Waals surface area contributed by atoms with Crippen molar-refractivity contribution in [3.05, 3.63) is 50.4 Å². The van der Waals surface area contributed by atoms with Gasteiger partial charge in [0.05, 0.1) is 22.3 Å². The van der Waals surface area contributed by atoms with Crippen LogP contribution in [-0.2, 0) is 0 Å². The van der Waals surface area contributed by atoms with Gasteiger partial charge in [-0.25, -0.2) is 0 Å². The molecule has 6 heteroatoms. The molecular formula is C17H17Br2NO3. The molecule has 0 bridgehead atoms. The SMILES string of the molecule is COc1ccc(Oc2c(Br)cc(/C=N/O)cc2Br)cc1C(C)C. The van der Waals surface area contributed by atoms with Crippen LogP contribution in [0.25, 0.3) is 0 Å². The lowest BCUT2D eigenvalue weighted by Gasteiger charge is -2.15. The number of hydrogen-bond donors (Lipinski definition) is 1. The zero-order valence-electron chi connectivity index (χ0n) is 13.0. The molecule has 2 aromatic rings. The first-order chi connectivity index (χ1) is 11.0. The van der Waals surface area contributed by atoms with Gasteiger partial charge in [0.25, 0.3) is 0 Å². The molecule has 0 amide bonds. The van der Waals surface area contributed by atoms with Crippen molar-refractivity contribution in [3.8, 4) is 17.2 Å². The minimum Gasteiger partial charge on any atom is -0.496 e. The van der Waals surface area contributed by atoms with Gasteiger partial charge in [0.2, 0.25) is 0 Å². The number of oxime groups is 1. The van der Waals surface area contributed by atoms with Gasteiger partial charge in [0.15, 0.2) is 5.75 Å². The van der Waals surface area contributed by atoms with E-state index >= 15 is 0 Å². The Bertz CT molecular complexity index is 707. The molecule has 2 aromatic carbocycles. The summed E-state index contributed by atoms with van der Waals surface area (Å²) >= 11 is 6.96. The van der Waals surface area contributed by atoms with Crippen LogP contribution in [0.4, 0.5) is 0 Å². The van der Waals surface area contributed by atoms with Gasteiger partial charge >= 0.3 is 0 Å². The maximum Gasteiger partial charge on any atom is 0.155 e. The van der Waals surface area contributed by atoms with E-state index in [4.69, 9.17) is 14.7 Å². The lowest BCUT2D eigenvalue weighted by atomic mass is 10.0. The molecule has 0 unspecified atom stereocenters. The minimum absolute atomic E-state index is 0.323. The van der Waals surface area contributed by atoms with Crippen molar-refractivity contribution in [3.63, 3.8) is 0 Å². The van der Waals surface area contributed by atoms with Gasteiger partial charge in [-0.2, -0.15) is 0 Å². The number of nitrogens with zero attached hydrogens (tertiary/aromatic N) is 1. The van der Waals surface area contributed by atoms with Crippen LogP contribution in [0, 0.1) is 0 Å². The molecule has 4 nitrogen and oxygen atoms in total. The topological polar surface area (TPSA) is 51.0 Å². The first kappa shape index (κ1) is 17.8. The van der Waals surface area contributed by atoms with E-state index in [9.17, 15) is 0 Å². The molecule has 0 atom stereocenters. The third kappa shape index (κ3) is 4.26. The Kier molecular flexibility index (Phi) is 6.07. The lowest BCUT2D eigenvalue weighted by Crippen LogP contribution is -1.96. The normalized spacial score (nSPS) is 11.2. The summed E-state index contributed by atoms with van der Waals surface area (Å²) in [5.41, 5.74) is 1.83. The number of halogens is 2. The largest absolute Gasteiger partial charge is 0.496 e. The summed E-state index contributed by atoms with van der Waals surface area (Å²) in [4.78, 5) is 0. The van der Waals surface area contributed by atoms with Crippen molar-refractivity contribution in [2.75, 3.05) is 7.11 Å². The summed E-state index contributed by atoms with van der Waals surface area (Å²) in [7, 11) is 1.66. The zero-order valence-corrected chi connectivity index (χ0v) is 16.2. The highest BCUT2D eigenvalue weighted by molar-refractivity contribution is 9.11. The molecule has 0 radical (unpaired) electrons.